The molecule has 1 N–H and O–H groups in total. The van der Waals surface area contributed by atoms with Crippen molar-refractivity contribution in [1.29, 1.82) is 0 Å². The van der Waals surface area contributed by atoms with Crippen LogP contribution in [0.5, 0.6) is 5.75 Å². The number of anilines is 1. The van der Waals surface area contributed by atoms with E-state index in [1.54, 1.807) is 10.9 Å². The van der Waals surface area contributed by atoms with Crippen LogP contribution in [0.1, 0.15) is 12.1 Å². The number of nitrogens with one attached hydrogen (secondary N) is 1. The second-order valence-electron chi connectivity index (χ2n) is 4.90. The Morgan fingerprint density at radius 2 is 2.30 bits per heavy atom. The van der Waals surface area contributed by atoms with Gasteiger partial charge in [0.2, 0.25) is 0 Å². The summed E-state index contributed by atoms with van der Waals surface area (Å²) in [6, 6.07) is 9.61. The molecule has 1 aliphatic heterocycles. The number of benzene rings is 1. The molecule has 1 unspecified atom stereocenters. The minimum Gasteiger partial charge on any atom is -0.479 e. The number of hydrogen-bond donors (Lipinski definition) is 1. The molecule has 1 aliphatic rings. The molecule has 0 amide bonds. The zero-order valence-corrected chi connectivity index (χ0v) is 11.4. The first-order valence-electron chi connectivity index (χ1n) is 6.73. The zero-order valence-electron chi connectivity index (χ0n) is 11.4. The maximum Gasteiger partial charge on any atom is 0.175 e. The smallest absolute Gasteiger partial charge is 0.175 e. The summed E-state index contributed by atoms with van der Waals surface area (Å²) in [5, 5.41) is 7.33. The summed E-state index contributed by atoms with van der Waals surface area (Å²) in [7, 11) is 1.88. The van der Waals surface area contributed by atoms with Gasteiger partial charge in [-0.2, -0.15) is 5.10 Å². The van der Waals surface area contributed by atoms with E-state index in [1.807, 2.05) is 37.4 Å². The van der Waals surface area contributed by atoms with Crippen molar-refractivity contribution in [2.24, 2.45) is 7.05 Å². The molecule has 0 fully saturated rings. The van der Waals surface area contributed by atoms with Gasteiger partial charge in [-0.3, -0.25) is 9.48 Å². The number of nitrogens with zero attached hydrogens (tertiary/aromatic N) is 2. The van der Waals surface area contributed by atoms with Gasteiger partial charge in [-0.25, -0.2) is 0 Å². The predicted octanol–water partition coefficient (Wildman–Crippen LogP) is 1.79. The molecule has 3 rings (SSSR count). The van der Waals surface area contributed by atoms with Crippen LogP contribution in [-0.4, -0.2) is 28.2 Å². The lowest BCUT2D eigenvalue weighted by Crippen LogP contribution is -2.37. The fourth-order valence-electron chi connectivity index (χ4n) is 2.35. The lowest BCUT2D eigenvalue weighted by molar-refractivity contribution is -0.125. The SMILES string of the molecule is Cn1nccc1CCC(=O)C1CNc2ccccc2O1. The number of ketones is 1. The maximum absolute atomic E-state index is 12.2. The lowest BCUT2D eigenvalue weighted by Gasteiger charge is -2.26. The molecule has 1 aromatic carbocycles. The van der Waals surface area contributed by atoms with Crippen LogP contribution < -0.4 is 10.1 Å². The van der Waals surface area contributed by atoms with E-state index in [1.165, 1.54) is 0 Å². The molecule has 0 saturated carbocycles. The average Bonchev–Trinajstić information content (AvgIpc) is 2.89. The Morgan fingerprint density at radius 1 is 1.45 bits per heavy atom. The molecular weight excluding hydrogens is 254 g/mol. The monoisotopic (exact) mass is 271 g/mol. The number of para-hydroxylation sites is 2. The van der Waals surface area contributed by atoms with Gasteiger partial charge >= 0.3 is 0 Å². The van der Waals surface area contributed by atoms with E-state index in [0.29, 0.717) is 19.4 Å². The molecule has 0 spiro atoms. The fourth-order valence-corrected chi connectivity index (χ4v) is 2.35. The van der Waals surface area contributed by atoms with Gasteiger partial charge in [0.25, 0.3) is 0 Å². The standard InChI is InChI=1S/C15H17N3O2/c1-18-11(8-9-17-18)6-7-13(19)15-10-16-12-4-2-3-5-14(12)20-15/h2-5,8-9,15-16H,6-7,10H2,1H3. The Kier molecular flexibility index (Phi) is 3.41. The van der Waals surface area contributed by atoms with Crippen molar-refractivity contribution in [2.45, 2.75) is 18.9 Å². The second-order valence-corrected chi connectivity index (χ2v) is 4.90. The van der Waals surface area contributed by atoms with Crippen molar-refractivity contribution in [3.05, 3.63) is 42.2 Å². The largest absolute Gasteiger partial charge is 0.479 e. The molecule has 2 heterocycles. The quantitative estimate of drug-likeness (QED) is 0.921. The van der Waals surface area contributed by atoms with Crippen LogP contribution in [0.4, 0.5) is 5.69 Å². The average molecular weight is 271 g/mol. The molecule has 2 aromatic rings. The van der Waals surface area contributed by atoms with E-state index in [-0.39, 0.29) is 5.78 Å². The molecule has 5 nitrogen and oxygen atoms in total. The third-order valence-corrected chi connectivity index (χ3v) is 3.54. The van der Waals surface area contributed by atoms with Gasteiger partial charge in [0.15, 0.2) is 11.9 Å². The fraction of sp³-hybridized carbons (Fsp3) is 0.333. The first-order valence-corrected chi connectivity index (χ1v) is 6.73. The summed E-state index contributed by atoms with van der Waals surface area (Å²) >= 11 is 0. The molecule has 1 aromatic heterocycles. The Morgan fingerprint density at radius 3 is 3.10 bits per heavy atom. The van der Waals surface area contributed by atoms with Crippen molar-refractivity contribution in [3.63, 3.8) is 0 Å². The molecular formula is C15H17N3O2. The van der Waals surface area contributed by atoms with Crippen LogP contribution >= 0.6 is 0 Å². The number of carbonyl (C=O) groups excluding carboxylic acids is 1. The number of aryl methyl sites for hydroxylation is 2. The maximum atomic E-state index is 12.2. The van der Waals surface area contributed by atoms with E-state index in [4.69, 9.17) is 4.74 Å². The van der Waals surface area contributed by atoms with Crippen molar-refractivity contribution < 1.29 is 9.53 Å². The van der Waals surface area contributed by atoms with Crippen LogP contribution in [0.15, 0.2) is 36.5 Å². The molecule has 1 atom stereocenters. The highest BCUT2D eigenvalue weighted by atomic mass is 16.5. The topological polar surface area (TPSA) is 56.2 Å². The first kappa shape index (κ1) is 12.7. The van der Waals surface area contributed by atoms with Crippen LogP contribution in [0, 0.1) is 0 Å². The summed E-state index contributed by atoms with van der Waals surface area (Å²) < 4.78 is 7.55. The van der Waals surface area contributed by atoms with Gasteiger partial charge in [-0.1, -0.05) is 12.1 Å². The molecule has 104 valence electrons. The van der Waals surface area contributed by atoms with Gasteiger partial charge in [-0.15, -0.1) is 0 Å². The normalized spacial score (nSPS) is 16.9. The lowest BCUT2D eigenvalue weighted by atomic mass is 10.1. The summed E-state index contributed by atoms with van der Waals surface area (Å²) in [6.07, 6.45) is 2.50. The van der Waals surface area contributed by atoms with Gasteiger partial charge < -0.3 is 10.1 Å². The van der Waals surface area contributed by atoms with Crippen molar-refractivity contribution >= 4 is 11.5 Å². The summed E-state index contributed by atoms with van der Waals surface area (Å²) in [5.74, 6) is 0.867. The molecule has 0 bridgehead atoms. The number of rotatable bonds is 4. The number of hydrogen-bond acceptors (Lipinski definition) is 4. The third-order valence-electron chi connectivity index (χ3n) is 3.54. The second kappa shape index (κ2) is 5.36. The van der Waals surface area contributed by atoms with Crippen molar-refractivity contribution in [1.82, 2.24) is 9.78 Å². The Labute approximate surface area is 117 Å². The molecule has 0 aliphatic carbocycles. The van der Waals surface area contributed by atoms with Crippen LogP contribution in [-0.2, 0) is 18.3 Å². The van der Waals surface area contributed by atoms with Crippen LogP contribution in [0.3, 0.4) is 0 Å². The minimum absolute atomic E-state index is 0.119. The number of fused-ring (bicyclic) bond motifs is 1. The summed E-state index contributed by atoms with van der Waals surface area (Å²) in [6.45, 7) is 0.529. The van der Waals surface area contributed by atoms with E-state index < -0.39 is 6.10 Å². The number of ether oxygens (including phenoxy) is 1. The minimum atomic E-state index is -0.405. The van der Waals surface area contributed by atoms with Gasteiger partial charge in [0.1, 0.15) is 5.75 Å². The molecule has 0 saturated heterocycles. The van der Waals surface area contributed by atoms with Crippen molar-refractivity contribution in [3.8, 4) is 5.75 Å². The van der Waals surface area contributed by atoms with Crippen LogP contribution in [0.25, 0.3) is 0 Å². The molecule has 0 radical (unpaired) electrons. The van der Waals surface area contributed by atoms with Gasteiger partial charge in [0, 0.05) is 25.4 Å². The van der Waals surface area contributed by atoms with Gasteiger partial charge in [0.05, 0.1) is 12.2 Å². The number of carbonyl (C=O) groups is 1. The van der Waals surface area contributed by atoms with E-state index in [9.17, 15) is 4.79 Å². The number of aromatic nitrogens is 2. The first-order chi connectivity index (χ1) is 9.74. The highest BCUT2D eigenvalue weighted by Crippen LogP contribution is 2.28. The molecule has 20 heavy (non-hydrogen) atoms. The highest BCUT2D eigenvalue weighted by Gasteiger charge is 2.25. The highest BCUT2D eigenvalue weighted by molar-refractivity contribution is 5.85. The molecule has 5 heteroatoms. The number of Topliss-reactive ketones (excluding diaryl/α,β-unsaturated/α-hetero) is 1. The Hall–Kier alpha value is -2.30. The van der Waals surface area contributed by atoms with E-state index in [0.717, 1.165) is 17.1 Å². The van der Waals surface area contributed by atoms with Gasteiger partial charge in [-0.05, 0) is 24.6 Å². The summed E-state index contributed by atoms with van der Waals surface area (Å²) in [5.41, 5.74) is 2.01. The Bertz CT molecular complexity index is 621. The predicted molar refractivity (Wildman–Crippen MR) is 75.9 cm³/mol. The third kappa shape index (κ3) is 2.52. The van der Waals surface area contributed by atoms with Crippen LogP contribution in [0.2, 0.25) is 0 Å². The Balaban J connectivity index is 1.60. The van der Waals surface area contributed by atoms with Crippen molar-refractivity contribution in [2.75, 3.05) is 11.9 Å². The van der Waals surface area contributed by atoms with E-state index >= 15 is 0 Å². The zero-order chi connectivity index (χ0) is 13.9. The van der Waals surface area contributed by atoms with E-state index in [2.05, 4.69) is 10.4 Å². The summed E-state index contributed by atoms with van der Waals surface area (Å²) in [4.78, 5) is 12.2.